The van der Waals surface area contributed by atoms with Crippen LogP contribution in [0.1, 0.15) is 93.2 Å². The molecule has 1 spiro atoms. The average Bonchev–Trinajstić information content (AvgIpc) is 1.45. The van der Waals surface area contributed by atoms with Crippen LogP contribution < -0.4 is 38.9 Å². The normalized spacial score (nSPS) is 23.0. The Kier molecular flexibility index (Phi) is 16.6. The van der Waals surface area contributed by atoms with Gasteiger partial charge in [-0.2, -0.15) is 13.4 Å². The molecule has 4 atom stereocenters. The molecule has 13 rings (SSSR count). The number of nitro groups is 1. The summed E-state index contributed by atoms with van der Waals surface area (Å²) in [6.07, 6.45) is 10.8. The Labute approximate surface area is 507 Å². The number of morpholine rings is 1. The third kappa shape index (κ3) is 12.1. The minimum atomic E-state index is -4.74. The Bertz CT molecular complexity index is 3610. The van der Waals surface area contributed by atoms with Gasteiger partial charge >= 0.3 is 0 Å². The van der Waals surface area contributed by atoms with E-state index in [2.05, 4.69) is 95.6 Å². The minimum absolute atomic E-state index is 0.0223. The molecule has 10 heterocycles. The number of nitrogens with zero attached hydrogens (tertiary/aromatic N) is 9. The van der Waals surface area contributed by atoms with Crippen molar-refractivity contribution < 1.29 is 46.6 Å². The molecule has 87 heavy (non-hydrogen) atoms. The second-order valence-corrected chi connectivity index (χ2v) is 26.4. The van der Waals surface area contributed by atoms with E-state index in [1.54, 1.807) is 19.4 Å². The summed E-state index contributed by atoms with van der Waals surface area (Å²) in [6, 6.07) is 21.4. The van der Waals surface area contributed by atoms with Crippen molar-refractivity contribution in [1.82, 2.24) is 34.5 Å². The maximum atomic E-state index is 14.8. The summed E-state index contributed by atoms with van der Waals surface area (Å²) in [6.45, 7) is 15.7. The number of nitrogens with one attached hydrogen (secondary N) is 3. The first kappa shape index (κ1) is 58.7. The minimum Gasteiger partial charge on any atom is -0.493 e. The number of aromatic nitrogens is 4. The topological polar surface area (TPSA) is 244 Å². The van der Waals surface area contributed by atoms with Gasteiger partial charge in [0.25, 0.3) is 21.6 Å². The van der Waals surface area contributed by atoms with Crippen LogP contribution in [0.2, 0.25) is 0 Å². The van der Waals surface area contributed by atoms with Crippen LogP contribution >= 0.6 is 0 Å². The van der Waals surface area contributed by atoms with Gasteiger partial charge in [-0.05, 0) is 125 Å². The zero-order valence-electron chi connectivity index (χ0n) is 49.9. The summed E-state index contributed by atoms with van der Waals surface area (Å²) in [4.78, 5) is 55.8. The highest BCUT2D eigenvalue weighted by molar-refractivity contribution is 7.90. The number of rotatable bonds is 17. The number of amides is 1. The molecule has 6 aromatic rings. The lowest BCUT2D eigenvalue weighted by Gasteiger charge is -2.58. The Morgan fingerprint density at radius 1 is 0.897 bits per heavy atom. The van der Waals surface area contributed by atoms with Crippen molar-refractivity contribution in [2.75, 3.05) is 113 Å². The van der Waals surface area contributed by atoms with Gasteiger partial charge in [0.1, 0.15) is 28.9 Å². The molecule has 0 unspecified atom stereocenters. The molecule has 1 aliphatic carbocycles. The van der Waals surface area contributed by atoms with Crippen molar-refractivity contribution in [3.05, 3.63) is 112 Å². The van der Waals surface area contributed by atoms with Gasteiger partial charge in [-0.3, -0.25) is 24.7 Å². The van der Waals surface area contributed by atoms with Crippen molar-refractivity contribution in [1.29, 1.82) is 0 Å². The molecule has 2 aromatic carbocycles. The second kappa shape index (κ2) is 24.7. The second-order valence-electron chi connectivity index (χ2n) is 24.8. The van der Waals surface area contributed by atoms with Crippen LogP contribution in [0.3, 0.4) is 0 Å². The van der Waals surface area contributed by atoms with E-state index in [9.17, 15) is 23.3 Å². The molecular weight excluding hydrogens is 1130 g/mol. The summed E-state index contributed by atoms with van der Waals surface area (Å²) in [7, 11) is -3.02. The molecule has 5 saturated heterocycles. The van der Waals surface area contributed by atoms with E-state index in [0.29, 0.717) is 74.9 Å². The highest BCUT2D eigenvalue weighted by atomic mass is 32.2. The van der Waals surface area contributed by atoms with Gasteiger partial charge in [0, 0.05) is 107 Å². The average molecular weight is 1210 g/mol. The van der Waals surface area contributed by atoms with Gasteiger partial charge in [-0.1, -0.05) is 18.2 Å². The first-order chi connectivity index (χ1) is 42.2. The molecule has 24 heteroatoms. The van der Waals surface area contributed by atoms with Crippen molar-refractivity contribution in [3.8, 4) is 17.4 Å². The zero-order valence-corrected chi connectivity index (χ0v) is 50.7. The Hall–Kier alpha value is -7.35. The van der Waals surface area contributed by atoms with E-state index >= 15 is 0 Å². The van der Waals surface area contributed by atoms with E-state index in [-0.39, 0.29) is 53.4 Å². The van der Waals surface area contributed by atoms with Crippen LogP contribution in [0.4, 0.5) is 34.3 Å². The number of carbonyl (C=O) groups is 1. The molecular formula is C63H78N12O11S. The van der Waals surface area contributed by atoms with E-state index < -0.39 is 37.7 Å². The number of benzene rings is 2. The summed E-state index contributed by atoms with van der Waals surface area (Å²) in [5, 5.41) is 15.7. The number of carbonyl (C=O) groups excluding carboxylic acids is 1. The van der Waals surface area contributed by atoms with Gasteiger partial charge in [-0.15, -0.1) is 0 Å². The third-order valence-corrected chi connectivity index (χ3v) is 20.1. The number of sulfonamides is 1. The lowest BCUT2D eigenvalue weighted by Crippen LogP contribution is -2.59. The van der Waals surface area contributed by atoms with Crippen LogP contribution in [0, 0.1) is 21.4 Å². The fourth-order valence-corrected chi connectivity index (χ4v) is 15.2. The van der Waals surface area contributed by atoms with Crippen molar-refractivity contribution in [2.24, 2.45) is 11.3 Å². The number of methoxy groups -OCH3 is 1. The van der Waals surface area contributed by atoms with Crippen LogP contribution in [0.5, 0.6) is 17.4 Å². The summed E-state index contributed by atoms with van der Waals surface area (Å²) >= 11 is 0. The number of H-pyrrole nitrogens is 1. The zero-order chi connectivity index (χ0) is 60.0. The van der Waals surface area contributed by atoms with E-state index in [1.807, 2.05) is 30.5 Å². The number of hydrogen-bond acceptors (Lipinski definition) is 20. The first-order valence-corrected chi connectivity index (χ1v) is 32.2. The predicted molar refractivity (Wildman–Crippen MR) is 328 cm³/mol. The maximum absolute atomic E-state index is 14.8. The largest absolute Gasteiger partial charge is 0.493 e. The molecule has 1 saturated carbocycles. The van der Waals surface area contributed by atoms with Crippen LogP contribution in [0.15, 0.2) is 90.3 Å². The Balaban J connectivity index is 0.748. The van der Waals surface area contributed by atoms with Crippen molar-refractivity contribution >= 4 is 61.2 Å². The number of piperidine rings is 1. The number of ether oxygens (including phenoxy) is 6. The van der Waals surface area contributed by atoms with Gasteiger partial charge in [0.2, 0.25) is 5.88 Å². The highest BCUT2D eigenvalue weighted by Gasteiger charge is 2.51. The lowest BCUT2D eigenvalue weighted by molar-refractivity contribution is -0.384. The molecule has 6 fully saturated rings. The van der Waals surface area contributed by atoms with E-state index in [4.69, 9.17) is 38.4 Å². The molecule has 0 radical (unpaired) electrons. The summed E-state index contributed by atoms with van der Waals surface area (Å²) in [5.41, 5.74) is 4.78. The standard InChI is InChI=1S/C63H78N12O11S/c1-40(2)85-55-8-6-5-7-47(55)54-37-70(36-43-27-56(81-4)60(67-34-43)72-22-26-84-38-41(72)3)20-21-73(54)46-31-63(32-46)15-18-71(19-16-63)45-9-10-48(51(29-45)74-50-14-25-83-39-57(50)86-62-53(74)28-44-11-17-64-59(44)68-62)61(76)69-87(79,80)58-30-52(75(77)78)49(35-66-58)65-33-42-12-23-82-24-13-42/h5-11,17,27-30,34-35,40-42,46,50,54,57,65H,12-16,18-26,31-33,36-39H2,1-4H3,(H,64,68)(H,69,76)/t41-,50+,54-,57+/m1/s1. The number of anilines is 5. The number of fused-ring (bicyclic) bond motifs is 3. The monoisotopic (exact) mass is 1210 g/mol. The third-order valence-electron chi connectivity index (χ3n) is 18.9. The molecule has 0 bridgehead atoms. The predicted octanol–water partition coefficient (Wildman–Crippen LogP) is 8.24. The van der Waals surface area contributed by atoms with Crippen LogP contribution in [0.25, 0.3) is 11.0 Å². The number of para-hydroxylation sites is 1. The van der Waals surface area contributed by atoms with Crippen LogP contribution in [-0.4, -0.2) is 172 Å². The van der Waals surface area contributed by atoms with Gasteiger partial charge in [0.05, 0.1) is 79.6 Å². The Morgan fingerprint density at radius 3 is 2.49 bits per heavy atom. The smallest absolute Gasteiger partial charge is 0.296 e. The summed E-state index contributed by atoms with van der Waals surface area (Å²) < 4.78 is 66.9. The van der Waals surface area contributed by atoms with Crippen molar-refractivity contribution in [3.63, 3.8) is 0 Å². The number of pyridine rings is 3. The highest BCUT2D eigenvalue weighted by Crippen LogP contribution is 2.54. The van der Waals surface area contributed by atoms with Gasteiger partial charge in [0.15, 0.2) is 16.6 Å². The summed E-state index contributed by atoms with van der Waals surface area (Å²) in [5.74, 6) is 2.22. The number of hydrogen-bond donors (Lipinski definition) is 3. The molecule has 462 valence electrons. The van der Waals surface area contributed by atoms with Crippen LogP contribution in [-0.2, 0) is 30.8 Å². The molecule has 6 aliphatic heterocycles. The van der Waals surface area contributed by atoms with Gasteiger partial charge in [-0.25, -0.2) is 14.7 Å². The number of piperazine rings is 1. The lowest BCUT2D eigenvalue weighted by atomic mass is 9.59. The first-order valence-electron chi connectivity index (χ1n) is 30.7. The van der Waals surface area contributed by atoms with E-state index in [1.165, 1.54) is 5.56 Å². The van der Waals surface area contributed by atoms with Crippen molar-refractivity contribution in [2.45, 2.75) is 114 Å². The Morgan fingerprint density at radius 2 is 1.70 bits per heavy atom. The molecule has 1 amide bonds. The fraction of sp³-hybridized carbons (Fsp3) is 0.524. The van der Waals surface area contributed by atoms with E-state index in [0.717, 1.165) is 131 Å². The molecule has 3 N–H and O–H groups in total. The molecule has 4 aromatic heterocycles. The SMILES string of the molecule is COc1cc(CN2CCN(C3CC4(CCN(c5ccc(C(=O)NS(=O)(=O)c6cc([N+](=O)[O-])c(NCC7CCOCC7)cn6)c(N6c7cc8cc[nH]c8nc7O[C@H]7COCC[C@@H]76)c5)CC4)C3)[C@@H](c3ccccc3OC(C)C)C2)cnc1N1CCOC[C@H]1C. The maximum Gasteiger partial charge on any atom is 0.296 e. The quantitative estimate of drug-likeness (QED) is 0.0575. The fourth-order valence-electron chi connectivity index (χ4n) is 14.2. The van der Waals surface area contributed by atoms with Gasteiger partial charge < -0.3 is 53.4 Å². The molecule has 7 aliphatic rings. The molecule has 23 nitrogen and oxygen atoms in total. The number of aromatic amines is 1.